The zero-order chi connectivity index (χ0) is 18.5. The topological polar surface area (TPSA) is 72.1 Å². The first-order valence-electron chi connectivity index (χ1n) is 8.07. The first-order chi connectivity index (χ1) is 12.6. The van der Waals surface area contributed by atoms with Crippen LogP contribution >= 0.6 is 11.6 Å². The predicted molar refractivity (Wildman–Crippen MR) is 96.7 cm³/mol. The molecule has 0 spiro atoms. The van der Waals surface area contributed by atoms with Gasteiger partial charge in [-0.1, -0.05) is 29.8 Å². The minimum Gasteiger partial charge on any atom is -0.467 e. The van der Waals surface area contributed by atoms with Crippen molar-refractivity contribution >= 4 is 29.2 Å². The molecule has 0 unspecified atom stereocenters. The van der Waals surface area contributed by atoms with E-state index in [-0.39, 0.29) is 6.04 Å². The van der Waals surface area contributed by atoms with Crippen LogP contribution in [-0.4, -0.2) is 29.2 Å². The van der Waals surface area contributed by atoms with Crippen molar-refractivity contribution in [2.75, 3.05) is 6.61 Å². The second-order valence-electron chi connectivity index (χ2n) is 5.63. The fraction of sp³-hybridized carbons (Fsp3) is 0.211. The number of esters is 1. The SMILES string of the molecule is C/C=C/C(=O)OCC(=O)N1N=C(c2ccc(Cl)cc2)C[C@@H]1c1ccco1. The van der Waals surface area contributed by atoms with E-state index in [0.29, 0.717) is 17.2 Å². The maximum atomic E-state index is 12.5. The summed E-state index contributed by atoms with van der Waals surface area (Å²) < 4.78 is 10.4. The summed E-state index contributed by atoms with van der Waals surface area (Å²) in [5.41, 5.74) is 1.60. The molecule has 2 heterocycles. The van der Waals surface area contributed by atoms with Crippen molar-refractivity contribution in [3.05, 3.63) is 71.2 Å². The number of nitrogens with zero attached hydrogens (tertiary/aromatic N) is 2. The number of allylic oxidation sites excluding steroid dienone is 1. The van der Waals surface area contributed by atoms with Gasteiger partial charge in [-0.15, -0.1) is 0 Å². The summed E-state index contributed by atoms with van der Waals surface area (Å²) in [6, 6.07) is 10.4. The van der Waals surface area contributed by atoms with E-state index >= 15 is 0 Å². The molecule has 134 valence electrons. The van der Waals surface area contributed by atoms with E-state index in [2.05, 4.69) is 5.10 Å². The van der Waals surface area contributed by atoms with Crippen LogP contribution < -0.4 is 0 Å². The molecule has 1 aliphatic heterocycles. The third kappa shape index (κ3) is 4.03. The van der Waals surface area contributed by atoms with Gasteiger partial charge in [-0.3, -0.25) is 4.79 Å². The molecule has 1 atom stereocenters. The van der Waals surface area contributed by atoms with Gasteiger partial charge in [0.2, 0.25) is 0 Å². The lowest BCUT2D eigenvalue weighted by atomic mass is 10.0. The van der Waals surface area contributed by atoms with Gasteiger partial charge in [0.15, 0.2) is 6.61 Å². The molecule has 1 aromatic heterocycles. The van der Waals surface area contributed by atoms with Crippen LogP contribution in [-0.2, 0) is 14.3 Å². The summed E-state index contributed by atoms with van der Waals surface area (Å²) in [6.07, 6.45) is 4.84. The summed E-state index contributed by atoms with van der Waals surface area (Å²) in [6.45, 7) is 1.30. The van der Waals surface area contributed by atoms with Gasteiger partial charge in [0.05, 0.1) is 12.0 Å². The van der Waals surface area contributed by atoms with Crippen LogP contribution in [0.5, 0.6) is 0 Å². The Morgan fingerprint density at radius 3 is 2.77 bits per heavy atom. The van der Waals surface area contributed by atoms with Crippen LogP contribution in [0.3, 0.4) is 0 Å². The van der Waals surface area contributed by atoms with E-state index in [4.69, 9.17) is 20.8 Å². The van der Waals surface area contributed by atoms with Gasteiger partial charge < -0.3 is 9.15 Å². The van der Waals surface area contributed by atoms with Crippen molar-refractivity contribution in [2.45, 2.75) is 19.4 Å². The molecule has 3 rings (SSSR count). The molecule has 0 aliphatic carbocycles. The third-order valence-corrected chi connectivity index (χ3v) is 4.11. The number of carbonyl (C=O) groups excluding carboxylic acids is 2. The standard InChI is InChI=1S/C19H17ClN2O4/c1-2-4-19(24)26-12-18(23)22-16(17-5-3-10-25-17)11-15(21-22)13-6-8-14(20)9-7-13/h2-10,16H,11-12H2,1H3/b4-2+/t16-/m1/s1. The molecule has 6 nitrogen and oxygen atoms in total. The van der Waals surface area contributed by atoms with Crippen molar-refractivity contribution in [3.63, 3.8) is 0 Å². The number of hydrogen-bond donors (Lipinski definition) is 0. The number of rotatable bonds is 5. The average Bonchev–Trinajstić information content (AvgIpc) is 3.30. The summed E-state index contributed by atoms with van der Waals surface area (Å²) >= 11 is 5.93. The Kier molecular flexibility index (Phi) is 5.53. The maximum absolute atomic E-state index is 12.5. The molecular formula is C19H17ClN2O4. The Morgan fingerprint density at radius 2 is 2.12 bits per heavy atom. The largest absolute Gasteiger partial charge is 0.467 e. The predicted octanol–water partition coefficient (Wildman–Crippen LogP) is 3.73. The van der Waals surface area contributed by atoms with Gasteiger partial charge in [-0.05, 0) is 36.8 Å². The molecule has 0 bridgehead atoms. The summed E-state index contributed by atoms with van der Waals surface area (Å²) in [4.78, 5) is 24.0. The Labute approximate surface area is 155 Å². The lowest BCUT2D eigenvalue weighted by Gasteiger charge is -2.19. The van der Waals surface area contributed by atoms with Crippen molar-refractivity contribution < 1.29 is 18.7 Å². The third-order valence-electron chi connectivity index (χ3n) is 3.86. The van der Waals surface area contributed by atoms with Crippen molar-refractivity contribution in [1.29, 1.82) is 0 Å². The minimum atomic E-state index is -0.573. The van der Waals surface area contributed by atoms with E-state index in [1.807, 2.05) is 12.1 Å². The Morgan fingerprint density at radius 1 is 1.35 bits per heavy atom. The van der Waals surface area contributed by atoms with Gasteiger partial charge in [-0.2, -0.15) is 5.10 Å². The number of hydrogen-bond acceptors (Lipinski definition) is 5. The molecular weight excluding hydrogens is 356 g/mol. The number of hydrazone groups is 1. The highest BCUT2D eigenvalue weighted by Gasteiger charge is 2.35. The van der Waals surface area contributed by atoms with Gasteiger partial charge in [0, 0.05) is 17.5 Å². The molecule has 1 aromatic carbocycles. The Bertz CT molecular complexity index is 841. The van der Waals surface area contributed by atoms with Crippen molar-refractivity contribution in [2.24, 2.45) is 5.10 Å². The van der Waals surface area contributed by atoms with Crippen LogP contribution in [0.1, 0.15) is 30.7 Å². The van der Waals surface area contributed by atoms with Crippen LogP contribution in [0, 0.1) is 0 Å². The minimum absolute atomic E-state index is 0.386. The molecule has 1 amide bonds. The zero-order valence-corrected chi connectivity index (χ0v) is 14.8. The molecule has 0 saturated heterocycles. The zero-order valence-electron chi connectivity index (χ0n) is 14.1. The first-order valence-corrected chi connectivity index (χ1v) is 8.44. The summed E-state index contributed by atoms with van der Waals surface area (Å²) in [7, 11) is 0. The number of benzene rings is 1. The lowest BCUT2D eigenvalue weighted by molar-refractivity contribution is -0.149. The van der Waals surface area contributed by atoms with E-state index in [9.17, 15) is 9.59 Å². The highest BCUT2D eigenvalue weighted by molar-refractivity contribution is 6.30. The van der Waals surface area contributed by atoms with E-state index in [0.717, 1.165) is 11.3 Å². The lowest BCUT2D eigenvalue weighted by Crippen LogP contribution is -2.31. The van der Waals surface area contributed by atoms with Crippen LogP contribution in [0.4, 0.5) is 0 Å². The smallest absolute Gasteiger partial charge is 0.330 e. The van der Waals surface area contributed by atoms with Crippen LogP contribution in [0.15, 0.2) is 64.3 Å². The Hall–Kier alpha value is -2.86. The number of halogens is 1. The molecule has 0 radical (unpaired) electrons. The number of furan rings is 1. The summed E-state index contributed by atoms with van der Waals surface area (Å²) in [5, 5.41) is 6.37. The van der Waals surface area contributed by atoms with Crippen molar-refractivity contribution in [3.8, 4) is 0 Å². The average molecular weight is 373 g/mol. The molecule has 2 aromatic rings. The maximum Gasteiger partial charge on any atom is 0.330 e. The van der Waals surface area contributed by atoms with Gasteiger partial charge in [0.25, 0.3) is 5.91 Å². The Balaban J connectivity index is 1.81. The van der Waals surface area contributed by atoms with Crippen molar-refractivity contribution in [1.82, 2.24) is 5.01 Å². The monoisotopic (exact) mass is 372 g/mol. The quantitative estimate of drug-likeness (QED) is 0.592. The second-order valence-corrected chi connectivity index (χ2v) is 6.07. The van der Waals surface area contributed by atoms with Gasteiger partial charge in [0.1, 0.15) is 11.8 Å². The number of amides is 1. The van der Waals surface area contributed by atoms with Crippen LogP contribution in [0.25, 0.3) is 0 Å². The molecule has 7 heteroatoms. The summed E-state index contributed by atoms with van der Waals surface area (Å²) in [5.74, 6) is -0.379. The van der Waals surface area contributed by atoms with Gasteiger partial charge >= 0.3 is 5.97 Å². The second kappa shape index (κ2) is 8.01. The first kappa shape index (κ1) is 17.9. The molecule has 1 aliphatic rings. The number of carbonyl (C=O) groups is 2. The molecule has 0 N–H and O–H groups in total. The molecule has 26 heavy (non-hydrogen) atoms. The molecule has 0 fully saturated rings. The fourth-order valence-electron chi connectivity index (χ4n) is 2.64. The van der Waals surface area contributed by atoms with Crippen LogP contribution in [0.2, 0.25) is 5.02 Å². The van der Waals surface area contributed by atoms with E-state index in [1.54, 1.807) is 43.5 Å². The molecule has 0 saturated carbocycles. The van der Waals surface area contributed by atoms with E-state index in [1.165, 1.54) is 11.1 Å². The highest BCUT2D eigenvalue weighted by atomic mass is 35.5. The van der Waals surface area contributed by atoms with Gasteiger partial charge in [-0.25, -0.2) is 9.80 Å². The van der Waals surface area contributed by atoms with E-state index < -0.39 is 18.5 Å². The normalized spacial score (nSPS) is 16.8. The number of ether oxygens (including phenoxy) is 1. The fourth-order valence-corrected chi connectivity index (χ4v) is 2.77. The highest BCUT2D eigenvalue weighted by Crippen LogP contribution is 2.33.